The van der Waals surface area contributed by atoms with Gasteiger partial charge in [-0.3, -0.25) is 4.79 Å². The molecular formula is C14H16O4. The van der Waals surface area contributed by atoms with Gasteiger partial charge in [0.1, 0.15) is 0 Å². The number of aliphatic carboxylic acids is 1. The molecule has 0 atom stereocenters. The van der Waals surface area contributed by atoms with Crippen molar-refractivity contribution in [2.45, 2.75) is 31.1 Å². The average molecular weight is 248 g/mol. The number of ether oxygens (including phenoxy) is 2. The molecule has 18 heavy (non-hydrogen) atoms. The van der Waals surface area contributed by atoms with Crippen molar-refractivity contribution in [1.29, 1.82) is 0 Å². The maximum absolute atomic E-state index is 11.6. The van der Waals surface area contributed by atoms with Gasteiger partial charge in [-0.15, -0.1) is 0 Å². The molecule has 3 rings (SSSR count). The maximum Gasteiger partial charge on any atom is 0.314 e. The Bertz CT molecular complexity index is 477. The first-order valence-corrected chi connectivity index (χ1v) is 6.36. The second kappa shape index (κ2) is 4.19. The number of carbonyl (C=O) groups is 1. The van der Waals surface area contributed by atoms with Crippen LogP contribution in [-0.2, 0) is 10.2 Å². The zero-order chi connectivity index (χ0) is 12.6. The summed E-state index contributed by atoms with van der Waals surface area (Å²) >= 11 is 0. The fraction of sp³-hybridized carbons (Fsp3) is 0.500. The Morgan fingerprint density at radius 2 is 1.94 bits per heavy atom. The van der Waals surface area contributed by atoms with Crippen molar-refractivity contribution >= 4 is 5.97 Å². The van der Waals surface area contributed by atoms with Gasteiger partial charge in [0, 0.05) is 12.0 Å². The van der Waals surface area contributed by atoms with Crippen LogP contribution in [0.3, 0.4) is 0 Å². The second-order valence-electron chi connectivity index (χ2n) is 4.92. The monoisotopic (exact) mass is 248 g/mol. The lowest BCUT2D eigenvalue weighted by Gasteiger charge is -2.39. The fourth-order valence-corrected chi connectivity index (χ4v) is 2.70. The number of rotatable bonds is 2. The van der Waals surface area contributed by atoms with Gasteiger partial charge in [-0.25, -0.2) is 0 Å². The number of carboxylic acids is 1. The molecule has 1 aromatic carbocycles. The minimum Gasteiger partial charge on any atom is -0.490 e. The van der Waals surface area contributed by atoms with E-state index in [-0.39, 0.29) is 0 Å². The van der Waals surface area contributed by atoms with Gasteiger partial charge < -0.3 is 14.6 Å². The van der Waals surface area contributed by atoms with Gasteiger partial charge in [0.05, 0.1) is 18.6 Å². The minimum absolute atomic E-state index is 0.583. The van der Waals surface area contributed by atoms with Crippen LogP contribution in [0.15, 0.2) is 18.2 Å². The quantitative estimate of drug-likeness (QED) is 0.872. The molecule has 0 spiro atoms. The van der Waals surface area contributed by atoms with Crippen molar-refractivity contribution < 1.29 is 19.4 Å². The van der Waals surface area contributed by atoms with Crippen molar-refractivity contribution in [2.75, 3.05) is 13.2 Å². The maximum atomic E-state index is 11.6. The first kappa shape index (κ1) is 11.4. The van der Waals surface area contributed by atoms with Crippen LogP contribution in [0.1, 0.15) is 31.2 Å². The summed E-state index contributed by atoms with van der Waals surface area (Å²) in [5.74, 6) is 0.560. The molecule has 96 valence electrons. The first-order chi connectivity index (χ1) is 8.74. The molecule has 0 amide bonds. The molecule has 1 aliphatic carbocycles. The van der Waals surface area contributed by atoms with E-state index in [1.165, 1.54) is 0 Å². The van der Waals surface area contributed by atoms with Crippen LogP contribution in [0.25, 0.3) is 0 Å². The Labute approximate surface area is 106 Å². The summed E-state index contributed by atoms with van der Waals surface area (Å²) in [6.45, 7) is 1.20. The van der Waals surface area contributed by atoms with E-state index in [1.54, 1.807) is 0 Å². The second-order valence-corrected chi connectivity index (χ2v) is 4.92. The third-order valence-corrected chi connectivity index (χ3v) is 3.90. The average Bonchev–Trinajstić information content (AvgIpc) is 2.52. The number of benzene rings is 1. The smallest absolute Gasteiger partial charge is 0.314 e. The molecule has 0 bridgehead atoms. The highest BCUT2D eigenvalue weighted by molar-refractivity contribution is 5.84. The zero-order valence-corrected chi connectivity index (χ0v) is 10.1. The topological polar surface area (TPSA) is 55.8 Å². The highest BCUT2D eigenvalue weighted by atomic mass is 16.5. The van der Waals surface area contributed by atoms with E-state index in [0.717, 1.165) is 18.4 Å². The molecule has 4 nitrogen and oxygen atoms in total. The standard InChI is InChI=1S/C14H16O4/c15-13(16)14(6-2-7-14)10-4-1-5-11-12(10)18-9-3-8-17-11/h1,4-5H,2-3,6-9H2,(H,15,16). The summed E-state index contributed by atoms with van der Waals surface area (Å²) < 4.78 is 11.3. The third kappa shape index (κ3) is 1.55. The Balaban J connectivity index is 2.09. The summed E-state index contributed by atoms with van der Waals surface area (Å²) in [4.78, 5) is 11.6. The molecule has 0 aromatic heterocycles. The SMILES string of the molecule is O=C(O)C1(c2cccc3c2OCCCO3)CCC1. The van der Waals surface area contributed by atoms with Crippen molar-refractivity contribution in [3.8, 4) is 11.5 Å². The highest BCUT2D eigenvalue weighted by Gasteiger charge is 2.48. The lowest BCUT2D eigenvalue weighted by molar-refractivity contribution is -0.147. The van der Waals surface area contributed by atoms with Crippen molar-refractivity contribution in [1.82, 2.24) is 0 Å². The van der Waals surface area contributed by atoms with E-state index < -0.39 is 11.4 Å². The molecule has 0 unspecified atom stereocenters. The van der Waals surface area contributed by atoms with Crippen molar-refractivity contribution in [3.05, 3.63) is 23.8 Å². The van der Waals surface area contributed by atoms with Gasteiger partial charge in [-0.05, 0) is 18.9 Å². The summed E-state index contributed by atoms with van der Waals surface area (Å²) in [6.07, 6.45) is 3.15. The van der Waals surface area contributed by atoms with Gasteiger partial charge in [-0.1, -0.05) is 18.6 Å². The number of hydrogen-bond donors (Lipinski definition) is 1. The van der Waals surface area contributed by atoms with Crippen molar-refractivity contribution in [2.24, 2.45) is 0 Å². The minimum atomic E-state index is -0.765. The molecular weight excluding hydrogens is 232 g/mol. The Morgan fingerprint density at radius 3 is 2.61 bits per heavy atom. The number of carboxylic acid groups (broad SMARTS) is 1. The first-order valence-electron chi connectivity index (χ1n) is 6.36. The van der Waals surface area contributed by atoms with Crippen LogP contribution in [0.4, 0.5) is 0 Å². The van der Waals surface area contributed by atoms with Crippen LogP contribution in [0.5, 0.6) is 11.5 Å². The van der Waals surface area contributed by atoms with E-state index in [2.05, 4.69) is 0 Å². The van der Waals surface area contributed by atoms with E-state index in [9.17, 15) is 9.90 Å². The molecule has 4 heteroatoms. The Morgan fingerprint density at radius 1 is 1.17 bits per heavy atom. The normalized spacial score (nSPS) is 20.7. The van der Waals surface area contributed by atoms with E-state index >= 15 is 0 Å². The molecule has 1 N–H and O–H groups in total. The number of hydrogen-bond acceptors (Lipinski definition) is 3. The molecule has 1 fully saturated rings. The summed E-state index contributed by atoms with van der Waals surface area (Å²) in [6, 6.07) is 5.56. The predicted molar refractivity (Wildman–Crippen MR) is 65.2 cm³/mol. The molecule has 0 radical (unpaired) electrons. The summed E-state index contributed by atoms with van der Waals surface area (Å²) in [7, 11) is 0. The zero-order valence-electron chi connectivity index (χ0n) is 10.1. The van der Waals surface area contributed by atoms with Gasteiger partial charge in [0.15, 0.2) is 11.5 Å². The van der Waals surface area contributed by atoms with Crippen molar-refractivity contribution in [3.63, 3.8) is 0 Å². The molecule has 0 saturated heterocycles. The third-order valence-electron chi connectivity index (χ3n) is 3.90. The largest absolute Gasteiger partial charge is 0.490 e. The summed E-state index contributed by atoms with van der Waals surface area (Å²) in [5.41, 5.74) is 0.0135. The van der Waals surface area contributed by atoms with E-state index in [1.807, 2.05) is 18.2 Å². The van der Waals surface area contributed by atoms with Gasteiger partial charge in [0.2, 0.25) is 0 Å². The van der Waals surface area contributed by atoms with Crippen LogP contribution in [0, 0.1) is 0 Å². The summed E-state index contributed by atoms with van der Waals surface area (Å²) in [5, 5.41) is 9.51. The number of para-hydroxylation sites is 1. The Kier molecular flexibility index (Phi) is 2.65. The molecule has 2 aliphatic rings. The molecule has 1 heterocycles. The Hall–Kier alpha value is -1.71. The number of fused-ring (bicyclic) bond motifs is 1. The lowest BCUT2D eigenvalue weighted by atomic mass is 9.64. The van der Waals surface area contributed by atoms with Crippen LogP contribution in [-0.4, -0.2) is 24.3 Å². The van der Waals surface area contributed by atoms with Crippen LogP contribution in [0.2, 0.25) is 0 Å². The van der Waals surface area contributed by atoms with Gasteiger partial charge in [0.25, 0.3) is 0 Å². The van der Waals surface area contributed by atoms with E-state index in [4.69, 9.17) is 9.47 Å². The highest BCUT2D eigenvalue weighted by Crippen LogP contribution is 2.50. The fourth-order valence-electron chi connectivity index (χ4n) is 2.70. The predicted octanol–water partition coefficient (Wildman–Crippen LogP) is 2.35. The van der Waals surface area contributed by atoms with Crippen LogP contribution >= 0.6 is 0 Å². The lowest BCUT2D eigenvalue weighted by Crippen LogP contribution is -2.42. The van der Waals surface area contributed by atoms with Crippen LogP contribution < -0.4 is 9.47 Å². The molecule has 1 saturated carbocycles. The molecule has 1 aromatic rings. The van der Waals surface area contributed by atoms with E-state index in [0.29, 0.717) is 37.6 Å². The van der Waals surface area contributed by atoms with Gasteiger partial charge in [-0.2, -0.15) is 0 Å². The van der Waals surface area contributed by atoms with Gasteiger partial charge >= 0.3 is 5.97 Å². The molecule has 1 aliphatic heterocycles.